The fraction of sp³-hybridized carbons (Fsp3) is 0.500. The van der Waals surface area contributed by atoms with E-state index >= 15 is 0 Å². The van der Waals surface area contributed by atoms with Crippen LogP contribution in [0.1, 0.15) is 41.7 Å². The SMILES string of the molecule is CN(CC1CCCC1)C(=O)c1ccnc(C#N)c1. The number of carbonyl (C=O) groups excluding carboxylic acids is 1. The summed E-state index contributed by atoms with van der Waals surface area (Å²) in [6.07, 6.45) is 6.51. The fourth-order valence-electron chi connectivity index (χ4n) is 2.51. The number of nitrogens with zero attached hydrogens (tertiary/aromatic N) is 3. The average Bonchev–Trinajstić information content (AvgIpc) is 2.90. The molecule has 0 atom stereocenters. The second-order valence-corrected chi connectivity index (χ2v) is 4.88. The molecule has 0 aliphatic heterocycles. The molecule has 1 aromatic heterocycles. The molecule has 2 rings (SSSR count). The van der Waals surface area contributed by atoms with Gasteiger partial charge >= 0.3 is 0 Å². The highest BCUT2D eigenvalue weighted by Crippen LogP contribution is 2.25. The number of hydrogen-bond donors (Lipinski definition) is 0. The monoisotopic (exact) mass is 243 g/mol. The molecule has 1 aliphatic carbocycles. The molecule has 0 unspecified atom stereocenters. The highest BCUT2D eigenvalue weighted by Gasteiger charge is 2.20. The van der Waals surface area contributed by atoms with Gasteiger partial charge in [-0.05, 0) is 30.9 Å². The molecule has 1 aromatic rings. The highest BCUT2D eigenvalue weighted by molar-refractivity contribution is 5.94. The zero-order valence-corrected chi connectivity index (χ0v) is 10.6. The predicted octanol–water partition coefficient (Wildman–Crippen LogP) is 2.22. The van der Waals surface area contributed by atoms with E-state index in [-0.39, 0.29) is 11.6 Å². The molecule has 1 heterocycles. The first-order valence-corrected chi connectivity index (χ1v) is 6.32. The molecule has 0 radical (unpaired) electrons. The van der Waals surface area contributed by atoms with Crippen LogP contribution < -0.4 is 0 Å². The van der Waals surface area contributed by atoms with E-state index in [0.717, 1.165) is 6.54 Å². The number of hydrogen-bond acceptors (Lipinski definition) is 3. The number of aromatic nitrogens is 1. The Hall–Kier alpha value is -1.89. The molecule has 1 fully saturated rings. The van der Waals surface area contributed by atoms with Crippen LogP contribution in [-0.4, -0.2) is 29.4 Å². The van der Waals surface area contributed by atoms with Gasteiger partial charge in [-0.1, -0.05) is 12.8 Å². The van der Waals surface area contributed by atoms with Crippen LogP contribution in [0.4, 0.5) is 0 Å². The Morgan fingerprint density at radius 2 is 2.28 bits per heavy atom. The zero-order chi connectivity index (χ0) is 13.0. The smallest absolute Gasteiger partial charge is 0.253 e. The third-order valence-corrected chi connectivity index (χ3v) is 3.47. The third kappa shape index (κ3) is 2.86. The number of nitriles is 1. The molecule has 4 nitrogen and oxygen atoms in total. The van der Waals surface area contributed by atoms with Gasteiger partial charge in [0.15, 0.2) is 0 Å². The maximum absolute atomic E-state index is 12.2. The lowest BCUT2D eigenvalue weighted by molar-refractivity contribution is 0.0773. The summed E-state index contributed by atoms with van der Waals surface area (Å²) in [7, 11) is 1.83. The summed E-state index contributed by atoms with van der Waals surface area (Å²) >= 11 is 0. The summed E-state index contributed by atoms with van der Waals surface area (Å²) in [5.74, 6) is 0.608. The molecular weight excluding hydrogens is 226 g/mol. The fourth-order valence-corrected chi connectivity index (χ4v) is 2.51. The maximum Gasteiger partial charge on any atom is 0.253 e. The minimum absolute atomic E-state index is 0.0270. The van der Waals surface area contributed by atoms with Gasteiger partial charge in [0, 0.05) is 25.4 Å². The van der Waals surface area contributed by atoms with Crippen LogP contribution >= 0.6 is 0 Å². The van der Waals surface area contributed by atoms with Crippen molar-refractivity contribution in [3.05, 3.63) is 29.6 Å². The molecule has 0 bridgehead atoms. The largest absolute Gasteiger partial charge is 0.341 e. The second-order valence-electron chi connectivity index (χ2n) is 4.88. The van der Waals surface area contributed by atoms with Gasteiger partial charge in [-0.3, -0.25) is 4.79 Å². The minimum Gasteiger partial charge on any atom is -0.341 e. The van der Waals surface area contributed by atoms with Gasteiger partial charge < -0.3 is 4.90 Å². The van der Waals surface area contributed by atoms with E-state index in [4.69, 9.17) is 5.26 Å². The average molecular weight is 243 g/mol. The van der Waals surface area contributed by atoms with E-state index < -0.39 is 0 Å². The minimum atomic E-state index is -0.0270. The summed E-state index contributed by atoms with van der Waals surface area (Å²) in [5, 5.41) is 8.77. The van der Waals surface area contributed by atoms with E-state index in [0.29, 0.717) is 11.5 Å². The first kappa shape index (κ1) is 12.6. The molecule has 0 aromatic carbocycles. The summed E-state index contributed by atoms with van der Waals surface area (Å²) < 4.78 is 0. The van der Waals surface area contributed by atoms with Crippen molar-refractivity contribution in [2.75, 3.05) is 13.6 Å². The van der Waals surface area contributed by atoms with E-state index in [2.05, 4.69) is 4.98 Å². The maximum atomic E-state index is 12.2. The Bertz CT molecular complexity index is 472. The molecule has 4 heteroatoms. The number of rotatable bonds is 3. The lowest BCUT2D eigenvalue weighted by Gasteiger charge is -2.21. The first-order valence-electron chi connectivity index (χ1n) is 6.32. The summed E-state index contributed by atoms with van der Waals surface area (Å²) in [4.78, 5) is 17.8. The van der Waals surface area contributed by atoms with Gasteiger partial charge in [0.05, 0.1) is 0 Å². The number of carbonyl (C=O) groups is 1. The van der Waals surface area contributed by atoms with E-state index in [1.165, 1.54) is 31.9 Å². The van der Waals surface area contributed by atoms with E-state index in [1.807, 2.05) is 13.1 Å². The van der Waals surface area contributed by atoms with Crippen molar-refractivity contribution in [3.8, 4) is 6.07 Å². The van der Waals surface area contributed by atoms with Gasteiger partial charge in [-0.25, -0.2) is 4.98 Å². The first-order chi connectivity index (χ1) is 8.70. The van der Waals surface area contributed by atoms with Gasteiger partial charge in [0.2, 0.25) is 0 Å². The summed E-state index contributed by atoms with van der Waals surface area (Å²) in [5.41, 5.74) is 0.831. The van der Waals surface area contributed by atoms with E-state index in [9.17, 15) is 4.79 Å². The van der Waals surface area contributed by atoms with E-state index in [1.54, 1.807) is 17.0 Å². The second kappa shape index (κ2) is 5.63. The van der Waals surface area contributed by atoms with Crippen LogP contribution in [0.3, 0.4) is 0 Å². The van der Waals surface area contributed by atoms with Gasteiger partial charge in [-0.2, -0.15) is 5.26 Å². The van der Waals surface area contributed by atoms with Gasteiger partial charge in [0.1, 0.15) is 11.8 Å². The van der Waals surface area contributed by atoms with Crippen LogP contribution in [-0.2, 0) is 0 Å². The molecule has 1 saturated carbocycles. The van der Waals surface area contributed by atoms with Crippen LogP contribution in [0, 0.1) is 17.2 Å². The highest BCUT2D eigenvalue weighted by atomic mass is 16.2. The quantitative estimate of drug-likeness (QED) is 0.817. The lowest BCUT2D eigenvalue weighted by atomic mass is 10.1. The van der Waals surface area contributed by atoms with Crippen molar-refractivity contribution < 1.29 is 4.79 Å². The molecule has 0 spiro atoms. The molecule has 94 valence electrons. The Kier molecular flexibility index (Phi) is 3.93. The Labute approximate surface area is 107 Å². The van der Waals surface area contributed by atoms with Crippen molar-refractivity contribution >= 4 is 5.91 Å². The zero-order valence-electron chi connectivity index (χ0n) is 10.6. The molecular formula is C14H17N3O. The topological polar surface area (TPSA) is 57.0 Å². The lowest BCUT2D eigenvalue weighted by Crippen LogP contribution is -2.31. The molecule has 1 amide bonds. The van der Waals surface area contributed by atoms with Gasteiger partial charge in [0.25, 0.3) is 5.91 Å². The van der Waals surface area contributed by atoms with Crippen molar-refractivity contribution in [2.24, 2.45) is 5.92 Å². The normalized spacial score (nSPS) is 15.3. The Balaban J connectivity index is 2.03. The van der Waals surface area contributed by atoms with Crippen molar-refractivity contribution in [2.45, 2.75) is 25.7 Å². The molecule has 18 heavy (non-hydrogen) atoms. The molecule has 0 N–H and O–H groups in total. The Morgan fingerprint density at radius 1 is 1.56 bits per heavy atom. The van der Waals surface area contributed by atoms with Crippen LogP contribution in [0.2, 0.25) is 0 Å². The van der Waals surface area contributed by atoms with Crippen molar-refractivity contribution in [3.63, 3.8) is 0 Å². The summed E-state index contributed by atoms with van der Waals surface area (Å²) in [6.45, 7) is 0.809. The van der Waals surface area contributed by atoms with Crippen molar-refractivity contribution in [1.29, 1.82) is 5.26 Å². The predicted molar refractivity (Wildman–Crippen MR) is 67.9 cm³/mol. The molecule has 1 aliphatic rings. The third-order valence-electron chi connectivity index (χ3n) is 3.47. The standard InChI is InChI=1S/C14H17N3O/c1-17(10-11-4-2-3-5-11)14(18)12-6-7-16-13(8-12)9-15/h6-8,11H,2-5,10H2,1H3. The number of amides is 1. The van der Waals surface area contributed by atoms with Crippen LogP contribution in [0.25, 0.3) is 0 Å². The van der Waals surface area contributed by atoms with Gasteiger partial charge in [-0.15, -0.1) is 0 Å². The Morgan fingerprint density at radius 3 is 2.94 bits per heavy atom. The number of pyridine rings is 1. The van der Waals surface area contributed by atoms with Crippen LogP contribution in [0.5, 0.6) is 0 Å². The summed E-state index contributed by atoms with van der Waals surface area (Å²) in [6, 6.07) is 5.16. The van der Waals surface area contributed by atoms with Crippen LogP contribution in [0.15, 0.2) is 18.3 Å². The molecule has 0 saturated heterocycles. The van der Waals surface area contributed by atoms with Crippen molar-refractivity contribution in [1.82, 2.24) is 9.88 Å².